The van der Waals surface area contributed by atoms with Crippen molar-refractivity contribution in [2.45, 2.75) is 27.2 Å². The van der Waals surface area contributed by atoms with Crippen LogP contribution in [0.2, 0.25) is 5.02 Å². The molecule has 0 aliphatic carbocycles. The summed E-state index contributed by atoms with van der Waals surface area (Å²) in [5.74, 6) is 0.656. The van der Waals surface area contributed by atoms with Gasteiger partial charge in [-0.2, -0.15) is 0 Å². The second-order valence-electron chi connectivity index (χ2n) is 9.46. The van der Waals surface area contributed by atoms with Gasteiger partial charge in [0.05, 0.1) is 4.92 Å². The van der Waals surface area contributed by atoms with E-state index in [9.17, 15) is 19.7 Å². The maximum Gasteiger partial charge on any atom is 0.270 e. The fourth-order valence-electron chi connectivity index (χ4n) is 5.13. The van der Waals surface area contributed by atoms with E-state index in [1.165, 1.54) is 12.1 Å². The number of amides is 2. The van der Waals surface area contributed by atoms with Crippen LogP contribution in [0.3, 0.4) is 0 Å². The van der Waals surface area contributed by atoms with Crippen molar-refractivity contribution in [1.29, 1.82) is 0 Å². The van der Waals surface area contributed by atoms with Gasteiger partial charge in [-0.25, -0.2) is 0 Å². The minimum atomic E-state index is -0.431. The maximum atomic E-state index is 13.2. The van der Waals surface area contributed by atoms with Crippen LogP contribution in [0.4, 0.5) is 11.4 Å². The minimum Gasteiger partial charge on any atom is -0.338 e. The fraction of sp³-hybridized carbons (Fsp3) is 0.440. The standard InChI is InChI=1S/C25H29ClN4O4/c1-15-4-5-20(10-22(15)26)27-23(31)6-7-28-11-18-13-29(14-19(18)12-28)25(32)24-16(2)8-21(30(33)34)9-17(24)3/h4-5,8-10,18-19H,6-7,11-14H2,1-3H3,(H,27,31). The predicted molar refractivity (Wildman–Crippen MR) is 131 cm³/mol. The van der Waals surface area contributed by atoms with E-state index >= 15 is 0 Å². The first-order chi connectivity index (χ1) is 16.1. The van der Waals surface area contributed by atoms with Gasteiger partial charge in [-0.1, -0.05) is 17.7 Å². The third-order valence-electron chi connectivity index (χ3n) is 6.90. The highest BCUT2D eigenvalue weighted by Crippen LogP contribution is 2.33. The first-order valence-corrected chi connectivity index (χ1v) is 11.8. The summed E-state index contributed by atoms with van der Waals surface area (Å²) in [6.07, 6.45) is 0.398. The Morgan fingerprint density at radius 3 is 2.21 bits per heavy atom. The summed E-state index contributed by atoms with van der Waals surface area (Å²) in [4.78, 5) is 40.4. The first kappa shape index (κ1) is 24.2. The lowest BCUT2D eigenvalue weighted by molar-refractivity contribution is -0.385. The lowest BCUT2D eigenvalue weighted by Gasteiger charge is -2.23. The molecule has 8 nitrogen and oxygen atoms in total. The van der Waals surface area contributed by atoms with Crippen LogP contribution in [0.15, 0.2) is 30.3 Å². The molecule has 2 atom stereocenters. The van der Waals surface area contributed by atoms with Crippen molar-refractivity contribution in [1.82, 2.24) is 9.80 Å². The maximum absolute atomic E-state index is 13.2. The number of likely N-dealkylation sites (tertiary alicyclic amines) is 2. The van der Waals surface area contributed by atoms with E-state index < -0.39 is 4.92 Å². The van der Waals surface area contributed by atoms with Gasteiger partial charge in [0, 0.05) is 67.6 Å². The van der Waals surface area contributed by atoms with E-state index in [2.05, 4.69) is 10.2 Å². The Hall–Kier alpha value is -2.97. The Balaban J connectivity index is 1.29. The van der Waals surface area contributed by atoms with Crippen LogP contribution in [0, 0.1) is 42.7 Å². The van der Waals surface area contributed by atoms with E-state index in [1.807, 2.05) is 24.0 Å². The summed E-state index contributed by atoms with van der Waals surface area (Å²) in [6.45, 7) is 9.15. The minimum absolute atomic E-state index is 0.00926. The largest absolute Gasteiger partial charge is 0.338 e. The van der Waals surface area contributed by atoms with Crippen LogP contribution < -0.4 is 5.32 Å². The summed E-state index contributed by atoms with van der Waals surface area (Å²) in [6, 6.07) is 8.42. The Bertz CT molecular complexity index is 1110. The SMILES string of the molecule is Cc1ccc(NC(=O)CCN2CC3CN(C(=O)c4c(C)cc([N+](=O)[O-])cc4C)CC3C2)cc1Cl. The monoisotopic (exact) mass is 484 g/mol. The van der Waals surface area contributed by atoms with Gasteiger partial charge in [0.15, 0.2) is 0 Å². The van der Waals surface area contributed by atoms with E-state index in [0.29, 0.717) is 65.3 Å². The highest BCUT2D eigenvalue weighted by atomic mass is 35.5. The molecule has 4 rings (SSSR count). The van der Waals surface area contributed by atoms with Crippen molar-refractivity contribution in [3.63, 3.8) is 0 Å². The van der Waals surface area contributed by atoms with E-state index in [4.69, 9.17) is 11.6 Å². The number of benzene rings is 2. The summed E-state index contributed by atoms with van der Waals surface area (Å²) >= 11 is 6.13. The molecule has 9 heteroatoms. The Labute approximate surface area is 204 Å². The van der Waals surface area contributed by atoms with Crippen molar-refractivity contribution in [3.8, 4) is 0 Å². The van der Waals surface area contributed by atoms with Crippen molar-refractivity contribution in [2.75, 3.05) is 38.0 Å². The zero-order valence-electron chi connectivity index (χ0n) is 19.6. The number of hydrogen-bond donors (Lipinski definition) is 1. The summed E-state index contributed by atoms with van der Waals surface area (Å²) in [7, 11) is 0. The van der Waals surface area contributed by atoms with E-state index in [-0.39, 0.29) is 17.5 Å². The lowest BCUT2D eigenvalue weighted by atomic mass is 10.0. The average molecular weight is 485 g/mol. The van der Waals surface area contributed by atoms with Gasteiger partial charge in [-0.05, 0) is 61.4 Å². The molecular weight excluding hydrogens is 456 g/mol. The second-order valence-corrected chi connectivity index (χ2v) is 9.87. The normalized spacial score (nSPS) is 19.8. The number of non-ortho nitro benzene ring substituents is 1. The van der Waals surface area contributed by atoms with Gasteiger partial charge in [-0.3, -0.25) is 19.7 Å². The molecule has 0 radical (unpaired) electrons. The van der Waals surface area contributed by atoms with E-state index in [1.54, 1.807) is 19.9 Å². The summed E-state index contributed by atoms with van der Waals surface area (Å²) in [5.41, 5.74) is 3.51. The number of nitrogens with one attached hydrogen (secondary N) is 1. The number of carbonyl (C=O) groups excluding carboxylic acids is 2. The van der Waals surface area contributed by atoms with Gasteiger partial charge in [-0.15, -0.1) is 0 Å². The molecule has 1 N–H and O–H groups in total. The zero-order chi connectivity index (χ0) is 24.6. The molecule has 2 heterocycles. The van der Waals surface area contributed by atoms with Crippen LogP contribution in [-0.4, -0.2) is 59.3 Å². The highest BCUT2D eigenvalue weighted by Gasteiger charge is 2.42. The molecule has 2 aromatic rings. The third kappa shape index (κ3) is 5.08. The predicted octanol–water partition coefficient (Wildman–Crippen LogP) is 4.21. The molecule has 2 fully saturated rings. The molecule has 2 unspecified atom stereocenters. The molecule has 0 saturated carbocycles. The topological polar surface area (TPSA) is 95.8 Å². The number of anilines is 1. The van der Waals surface area contributed by atoms with Crippen LogP contribution in [0.5, 0.6) is 0 Å². The number of halogens is 1. The third-order valence-corrected chi connectivity index (χ3v) is 7.31. The smallest absolute Gasteiger partial charge is 0.270 e. The van der Waals surface area contributed by atoms with Crippen LogP contribution in [0.25, 0.3) is 0 Å². The number of carbonyl (C=O) groups is 2. The molecule has 2 aliphatic heterocycles. The van der Waals surface area contributed by atoms with Crippen LogP contribution in [-0.2, 0) is 4.79 Å². The van der Waals surface area contributed by atoms with Gasteiger partial charge in [0.25, 0.3) is 11.6 Å². The Kier molecular flexibility index (Phi) is 6.91. The van der Waals surface area contributed by atoms with Gasteiger partial charge < -0.3 is 15.1 Å². The Morgan fingerprint density at radius 2 is 1.65 bits per heavy atom. The molecule has 180 valence electrons. The molecule has 2 aliphatic rings. The van der Waals surface area contributed by atoms with Crippen molar-refractivity contribution < 1.29 is 14.5 Å². The first-order valence-electron chi connectivity index (χ1n) is 11.5. The molecular formula is C25H29ClN4O4. The van der Waals surface area contributed by atoms with Gasteiger partial charge in [0.2, 0.25) is 5.91 Å². The van der Waals surface area contributed by atoms with Gasteiger partial charge in [0.1, 0.15) is 0 Å². The number of nitro groups is 1. The summed E-state index contributed by atoms with van der Waals surface area (Å²) < 4.78 is 0. The number of nitro benzene ring substituents is 1. The molecule has 0 aromatic heterocycles. The van der Waals surface area contributed by atoms with E-state index in [0.717, 1.165) is 18.7 Å². The zero-order valence-corrected chi connectivity index (χ0v) is 20.4. The van der Waals surface area contributed by atoms with Crippen molar-refractivity contribution in [3.05, 3.63) is 67.7 Å². The number of nitrogens with zero attached hydrogens (tertiary/aromatic N) is 3. The highest BCUT2D eigenvalue weighted by molar-refractivity contribution is 6.31. The molecule has 34 heavy (non-hydrogen) atoms. The lowest BCUT2D eigenvalue weighted by Crippen LogP contribution is -2.34. The summed E-state index contributed by atoms with van der Waals surface area (Å²) in [5, 5.41) is 14.6. The molecule has 2 saturated heterocycles. The van der Waals surface area contributed by atoms with Crippen LogP contribution >= 0.6 is 11.6 Å². The van der Waals surface area contributed by atoms with Crippen molar-refractivity contribution >= 4 is 34.8 Å². The number of aryl methyl sites for hydroxylation is 3. The van der Waals surface area contributed by atoms with Gasteiger partial charge >= 0.3 is 0 Å². The average Bonchev–Trinajstić information content (AvgIpc) is 3.33. The van der Waals surface area contributed by atoms with Crippen molar-refractivity contribution in [2.24, 2.45) is 11.8 Å². The number of hydrogen-bond acceptors (Lipinski definition) is 5. The second kappa shape index (κ2) is 9.72. The quantitative estimate of drug-likeness (QED) is 0.489. The number of fused-ring (bicyclic) bond motifs is 1. The fourth-order valence-corrected chi connectivity index (χ4v) is 5.31. The molecule has 0 bridgehead atoms. The van der Waals surface area contributed by atoms with Crippen LogP contribution in [0.1, 0.15) is 33.5 Å². The molecule has 0 spiro atoms. The molecule has 2 amide bonds. The number of rotatable bonds is 6. The molecule has 2 aromatic carbocycles. The Morgan fingerprint density at radius 1 is 1.03 bits per heavy atom.